The third-order valence-electron chi connectivity index (χ3n) is 1.86. The number of anilines is 1. The third kappa shape index (κ3) is 1.99. The van der Waals surface area contributed by atoms with Gasteiger partial charge < -0.3 is 4.52 Å². The van der Waals surface area contributed by atoms with Crippen molar-refractivity contribution in [3.05, 3.63) is 35.4 Å². The van der Waals surface area contributed by atoms with Gasteiger partial charge in [0.25, 0.3) is 0 Å². The van der Waals surface area contributed by atoms with Gasteiger partial charge in [-0.25, -0.2) is 0 Å². The van der Waals surface area contributed by atoms with Crippen molar-refractivity contribution in [1.29, 1.82) is 0 Å². The molecule has 0 unspecified atom stereocenters. The van der Waals surface area contributed by atoms with Crippen LogP contribution >= 0.6 is 11.6 Å². The molecule has 0 saturated carbocycles. The molecule has 4 nitrogen and oxygen atoms in total. The Morgan fingerprint density at radius 1 is 1.40 bits per heavy atom. The number of carbonyl (C=O) groups excluding carboxylic acids is 1. The largest absolute Gasteiger partial charge is 0.338 e. The first-order valence-corrected chi connectivity index (χ1v) is 4.61. The maximum atomic E-state index is 10.2. The Labute approximate surface area is 90.8 Å². The molecule has 5 heteroatoms. The fourth-order valence-corrected chi connectivity index (χ4v) is 1.43. The molecule has 1 aromatic carbocycles. The molecular formula is C10H7ClN2O2. The lowest BCUT2D eigenvalue weighted by atomic mass is 10.1. The summed E-state index contributed by atoms with van der Waals surface area (Å²) in [7, 11) is 0. The topological polar surface area (TPSA) is 55.1 Å². The van der Waals surface area contributed by atoms with Crippen LogP contribution in [0.25, 0.3) is 11.3 Å². The van der Waals surface area contributed by atoms with E-state index < -0.39 is 0 Å². The smallest absolute Gasteiger partial charge is 0.231 e. The van der Waals surface area contributed by atoms with Crippen molar-refractivity contribution in [3.63, 3.8) is 0 Å². The van der Waals surface area contributed by atoms with Crippen molar-refractivity contribution in [3.8, 4) is 11.3 Å². The van der Waals surface area contributed by atoms with Gasteiger partial charge in [-0.2, -0.15) is 0 Å². The Bertz CT molecular complexity index is 482. The minimum atomic E-state index is 0.292. The lowest BCUT2D eigenvalue weighted by molar-refractivity contribution is -0.105. The van der Waals surface area contributed by atoms with Gasteiger partial charge >= 0.3 is 0 Å². The minimum absolute atomic E-state index is 0.292. The quantitative estimate of drug-likeness (QED) is 0.812. The molecule has 0 fully saturated rings. The molecule has 0 atom stereocenters. The number of hydrogen-bond donors (Lipinski definition) is 1. The van der Waals surface area contributed by atoms with Crippen LogP contribution in [-0.4, -0.2) is 11.6 Å². The molecule has 0 radical (unpaired) electrons. The van der Waals surface area contributed by atoms with E-state index in [1.165, 1.54) is 0 Å². The summed E-state index contributed by atoms with van der Waals surface area (Å²) in [6, 6.07) is 8.87. The number of rotatable bonds is 3. The van der Waals surface area contributed by atoms with E-state index in [1.807, 2.05) is 18.2 Å². The van der Waals surface area contributed by atoms with Gasteiger partial charge in [-0.05, 0) is 6.07 Å². The van der Waals surface area contributed by atoms with E-state index in [0.717, 1.165) is 5.56 Å². The fourth-order valence-electron chi connectivity index (χ4n) is 1.20. The molecule has 2 rings (SSSR count). The van der Waals surface area contributed by atoms with Crippen molar-refractivity contribution in [1.82, 2.24) is 5.16 Å². The predicted molar refractivity (Wildman–Crippen MR) is 56.6 cm³/mol. The van der Waals surface area contributed by atoms with Crippen molar-refractivity contribution >= 4 is 23.9 Å². The Hall–Kier alpha value is -1.81. The van der Waals surface area contributed by atoms with Crippen LogP contribution in [0, 0.1) is 0 Å². The van der Waals surface area contributed by atoms with Gasteiger partial charge in [-0.3, -0.25) is 10.1 Å². The van der Waals surface area contributed by atoms with E-state index in [9.17, 15) is 4.79 Å². The van der Waals surface area contributed by atoms with E-state index in [4.69, 9.17) is 16.1 Å². The number of nitrogens with one attached hydrogen (secondary N) is 1. The zero-order valence-electron chi connectivity index (χ0n) is 7.61. The van der Waals surface area contributed by atoms with Crippen molar-refractivity contribution < 1.29 is 9.32 Å². The lowest BCUT2D eigenvalue weighted by Gasteiger charge is -1.96. The van der Waals surface area contributed by atoms with Crippen molar-refractivity contribution in [2.45, 2.75) is 0 Å². The highest BCUT2D eigenvalue weighted by Gasteiger charge is 2.08. The van der Waals surface area contributed by atoms with Gasteiger partial charge in [-0.15, -0.1) is 0 Å². The number of hydrogen-bond acceptors (Lipinski definition) is 3. The summed E-state index contributed by atoms with van der Waals surface area (Å²) < 4.78 is 4.86. The maximum absolute atomic E-state index is 10.2. The molecule has 2 aromatic rings. The number of carbonyl (C=O) groups is 1. The first kappa shape index (κ1) is 9.73. The Balaban J connectivity index is 2.37. The zero-order valence-corrected chi connectivity index (χ0v) is 8.36. The number of amides is 1. The summed E-state index contributed by atoms with van der Waals surface area (Å²) in [5.41, 5.74) is 1.35. The van der Waals surface area contributed by atoms with Gasteiger partial charge in [0.1, 0.15) is 5.69 Å². The minimum Gasteiger partial charge on any atom is -0.338 e. The molecule has 0 aliphatic carbocycles. The average Bonchev–Trinajstić information content (AvgIpc) is 2.68. The summed E-state index contributed by atoms with van der Waals surface area (Å²) in [5.74, 6) is 0.292. The highest BCUT2D eigenvalue weighted by Crippen LogP contribution is 2.27. The molecular weight excluding hydrogens is 216 g/mol. The molecule has 1 amide bonds. The second-order valence-electron chi connectivity index (χ2n) is 2.82. The van der Waals surface area contributed by atoms with Gasteiger partial charge in [0.15, 0.2) is 0 Å². The number of benzene rings is 1. The number of halogens is 1. The monoisotopic (exact) mass is 222 g/mol. The second-order valence-corrected chi connectivity index (χ2v) is 3.23. The van der Waals surface area contributed by atoms with Crippen LogP contribution in [0.1, 0.15) is 0 Å². The predicted octanol–water partition coefficient (Wildman–Crippen LogP) is 2.56. The van der Waals surface area contributed by atoms with Crippen molar-refractivity contribution in [2.24, 2.45) is 0 Å². The highest BCUT2D eigenvalue weighted by molar-refractivity contribution is 6.33. The third-order valence-corrected chi connectivity index (χ3v) is 2.19. The van der Waals surface area contributed by atoms with Gasteiger partial charge in [0, 0.05) is 11.6 Å². The highest BCUT2D eigenvalue weighted by atomic mass is 35.5. The fraction of sp³-hybridized carbons (Fsp3) is 0. The summed E-state index contributed by atoms with van der Waals surface area (Å²) in [6.07, 6.45) is 0.525. The first-order chi connectivity index (χ1) is 7.31. The van der Waals surface area contributed by atoms with Crippen LogP contribution in [0.15, 0.2) is 34.9 Å². The molecule has 0 aliphatic heterocycles. The standard InChI is InChI=1S/C10H7ClN2O2/c11-8-4-2-1-3-7(8)9-5-10(12-6-14)15-13-9/h1-6H,(H,12,14). The molecule has 0 saturated heterocycles. The van der Waals surface area contributed by atoms with Gasteiger partial charge in [0.2, 0.25) is 12.3 Å². The zero-order chi connectivity index (χ0) is 10.7. The van der Waals surface area contributed by atoms with Crippen LogP contribution in [0.5, 0.6) is 0 Å². The van der Waals surface area contributed by atoms with Gasteiger partial charge in [-0.1, -0.05) is 35.0 Å². The van der Waals surface area contributed by atoms with Gasteiger partial charge in [0.05, 0.1) is 5.02 Å². The van der Waals surface area contributed by atoms with Crippen LogP contribution in [-0.2, 0) is 4.79 Å². The average molecular weight is 223 g/mol. The van der Waals surface area contributed by atoms with E-state index in [0.29, 0.717) is 23.0 Å². The first-order valence-electron chi connectivity index (χ1n) is 4.23. The number of nitrogens with zero attached hydrogens (tertiary/aromatic N) is 1. The maximum Gasteiger partial charge on any atom is 0.231 e. The Morgan fingerprint density at radius 3 is 2.93 bits per heavy atom. The molecule has 0 spiro atoms. The summed E-state index contributed by atoms with van der Waals surface area (Å²) in [4.78, 5) is 10.2. The molecule has 1 N–H and O–H groups in total. The Kier molecular flexibility index (Phi) is 2.69. The molecule has 15 heavy (non-hydrogen) atoms. The van der Waals surface area contributed by atoms with Crippen LogP contribution in [0.3, 0.4) is 0 Å². The second kappa shape index (κ2) is 4.14. The Morgan fingerprint density at radius 2 is 2.20 bits per heavy atom. The van der Waals surface area contributed by atoms with E-state index >= 15 is 0 Å². The summed E-state index contributed by atoms with van der Waals surface area (Å²) in [5, 5.41) is 6.74. The van der Waals surface area contributed by atoms with E-state index in [1.54, 1.807) is 12.1 Å². The SMILES string of the molecule is O=CNc1cc(-c2ccccc2Cl)no1. The number of aromatic nitrogens is 1. The molecule has 0 aliphatic rings. The van der Waals surface area contributed by atoms with E-state index in [2.05, 4.69) is 10.5 Å². The van der Waals surface area contributed by atoms with Crippen LogP contribution in [0.2, 0.25) is 5.02 Å². The van der Waals surface area contributed by atoms with Crippen LogP contribution < -0.4 is 5.32 Å². The summed E-state index contributed by atoms with van der Waals surface area (Å²) >= 11 is 5.97. The summed E-state index contributed by atoms with van der Waals surface area (Å²) in [6.45, 7) is 0. The molecule has 0 bridgehead atoms. The van der Waals surface area contributed by atoms with Crippen molar-refractivity contribution in [2.75, 3.05) is 5.32 Å². The van der Waals surface area contributed by atoms with Crippen LogP contribution in [0.4, 0.5) is 5.88 Å². The molecule has 1 aromatic heterocycles. The molecule has 1 heterocycles. The normalized spacial score (nSPS) is 9.93. The van der Waals surface area contributed by atoms with E-state index in [-0.39, 0.29) is 0 Å². The molecule has 76 valence electrons. The lowest BCUT2D eigenvalue weighted by Crippen LogP contribution is -1.90.